The lowest BCUT2D eigenvalue weighted by Crippen LogP contribution is -2.40. The summed E-state index contributed by atoms with van der Waals surface area (Å²) in [5, 5.41) is 15.6. The van der Waals surface area contributed by atoms with Gasteiger partial charge in [0.1, 0.15) is 11.7 Å². The Morgan fingerprint density at radius 1 is 1.07 bits per heavy atom. The number of nitrogens with zero attached hydrogens (tertiary/aromatic N) is 6. The summed E-state index contributed by atoms with van der Waals surface area (Å²) in [5.41, 5.74) is 8.77. The number of hydrogen-bond donors (Lipinski definition) is 3. The van der Waals surface area contributed by atoms with Crippen molar-refractivity contribution in [2.24, 2.45) is 7.05 Å². The highest BCUT2D eigenvalue weighted by Crippen LogP contribution is 2.23. The maximum atomic E-state index is 14.2. The van der Waals surface area contributed by atoms with Gasteiger partial charge in [-0.25, -0.2) is 9.50 Å². The van der Waals surface area contributed by atoms with E-state index in [1.165, 1.54) is 4.52 Å². The molecule has 202 valence electrons. The van der Waals surface area contributed by atoms with Crippen LogP contribution in [0.4, 0.5) is 5.82 Å². The van der Waals surface area contributed by atoms with Crippen LogP contribution in [0.25, 0.3) is 22.1 Å². The van der Waals surface area contributed by atoms with E-state index in [4.69, 9.17) is 5.73 Å². The minimum absolute atomic E-state index is 0.0480. The molecule has 4 aromatic heterocycles. The van der Waals surface area contributed by atoms with E-state index in [2.05, 4.69) is 37.7 Å². The minimum atomic E-state index is -0.775. The molecule has 2 aromatic carbocycles. The summed E-state index contributed by atoms with van der Waals surface area (Å²) >= 11 is 0. The molecule has 4 heterocycles. The van der Waals surface area contributed by atoms with Crippen LogP contribution < -0.4 is 21.9 Å². The van der Waals surface area contributed by atoms with E-state index in [1.54, 1.807) is 41.0 Å². The van der Waals surface area contributed by atoms with Crippen molar-refractivity contribution in [3.8, 4) is 17.5 Å². The summed E-state index contributed by atoms with van der Waals surface area (Å²) in [6.45, 7) is 0. The molecule has 0 saturated carbocycles. The van der Waals surface area contributed by atoms with Crippen LogP contribution in [0.3, 0.4) is 0 Å². The molecule has 0 aliphatic carbocycles. The molecule has 0 aliphatic heterocycles. The lowest BCUT2D eigenvalue weighted by molar-refractivity contribution is 0.0931. The van der Waals surface area contributed by atoms with Gasteiger partial charge in [-0.15, -0.1) is 5.10 Å². The third-order valence-corrected chi connectivity index (χ3v) is 6.65. The number of nitrogens with one attached hydrogen (secondary N) is 2. The van der Waals surface area contributed by atoms with E-state index < -0.39 is 12.1 Å². The maximum Gasteiger partial charge on any atom is 0.264 e. The molecule has 0 radical (unpaired) electrons. The number of amides is 1. The molecule has 11 heteroatoms. The molecule has 0 bridgehead atoms. The highest BCUT2D eigenvalue weighted by atomic mass is 16.2. The maximum absolute atomic E-state index is 14.2. The average molecular weight is 544 g/mol. The van der Waals surface area contributed by atoms with Crippen molar-refractivity contribution < 1.29 is 4.79 Å². The second-order valence-corrected chi connectivity index (χ2v) is 9.31. The molecule has 4 N–H and O–H groups in total. The second kappa shape index (κ2) is 10.4. The Hall–Kier alpha value is -5.73. The summed E-state index contributed by atoms with van der Waals surface area (Å²) in [7, 11) is 3.52. The fourth-order valence-electron chi connectivity index (χ4n) is 4.79. The van der Waals surface area contributed by atoms with Crippen molar-refractivity contribution in [2.45, 2.75) is 6.17 Å². The van der Waals surface area contributed by atoms with Gasteiger partial charge in [-0.3, -0.25) is 24.2 Å². The lowest BCUT2D eigenvalue weighted by atomic mass is 10.0. The van der Waals surface area contributed by atoms with Gasteiger partial charge in [0.15, 0.2) is 11.5 Å². The summed E-state index contributed by atoms with van der Waals surface area (Å²) in [5.74, 6) is 5.80. The van der Waals surface area contributed by atoms with Gasteiger partial charge in [0.25, 0.3) is 11.5 Å². The van der Waals surface area contributed by atoms with Gasteiger partial charge in [0, 0.05) is 36.9 Å². The molecule has 0 spiro atoms. The number of nitrogens with two attached hydrogens (primary N) is 1. The van der Waals surface area contributed by atoms with Crippen molar-refractivity contribution >= 4 is 28.1 Å². The van der Waals surface area contributed by atoms with Gasteiger partial charge >= 0.3 is 0 Å². The van der Waals surface area contributed by atoms with Crippen LogP contribution in [0.5, 0.6) is 0 Å². The molecule has 0 aliphatic rings. The van der Waals surface area contributed by atoms with Gasteiger partial charge in [0.05, 0.1) is 22.8 Å². The zero-order valence-corrected chi connectivity index (χ0v) is 22.2. The van der Waals surface area contributed by atoms with Crippen LogP contribution in [0, 0.1) is 11.8 Å². The third kappa shape index (κ3) is 4.69. The number of para-hydroxylation sites is 1. The minimum Gasteiger partial charge on any atom is -0.381 e. The molecule has 0 saturated heterocycles. The summed E-state index contributed by atoms with van der Waals surface area (Å²) < 4.78 is 4.70. The number of hydrogen-bond acceptors (Lipinski definition) is 7. The first-order valence-electron chi connectivity index (χ1n) is 12.8. The number of anilines is 1. The quantitative estimate of drug-likeness (QED) is 0.224. The summed E-state index contributed by atoms with van der Waals surface area (Å²) in [4.78, 5) is 32.0. The monoisotopic (exact) mass is 543 g/mol. The number of pyridine rings is 1. The molecule has 0 fully saturated rings. The molecule has 1 amide bonds. The van der Waals surface area contributed by atoms with E-state index in [1.807, 2.05) is 67.8 Å². The van der Waals surface area contributed by atoms with E-state index >= 15 is 0 Å². The SMILES string of the molecule is CN[C@H](NC(=O)c1c(N)nn2cccnc12)c1cc2cccc(C#Cc3cnn(C)c3)c2c(=O)n1-c1ccccc1. The Bertz CT molecular complexity index is 2050. The van der Waals surface area contributed by atoms with Gasteiger partial charge in [-0.2, -0.15) is 5.10 Å². The molecular formula is C30H25N9O2. The van der Waals surface area contributed by atoms with E-state index in [0.29, 0.717) is 33.4 Å². The lowest BCUT2D eigenvalue weighted by Gasteiger charge is -2.23. The fourth-order valence-corrected chi connectivity index (χ4v) is 4.79. The topological polar surface area (TPSA) is 137 Å². The highest BCUT2D eigenvalue weighted by molar-refractivity contribution is 6.04. The van der Waals surface area contributed by atoms with Crippen LogP contribution in [0.1, 0.15) is 33.3 Å². The third-order valence-electron chi connectivity index (χ3n) is 6.65. The van der Waals surface area contributed by atoms with Crippen molar-refractivity contribution in [3.63, 3.8) is 0 Å². The number of fused-ring (bicyclic) bond motifs is 2. The van der Waals surface area contributed by atoms with Crippen molar-refractivity contribution in [1.29, 1.82) is 0 Å². The standard InChI is InChI=1S/C30H25N9O2/c1-32-27(35-29(40)25-26(31)36-38-15-7-14-33-28(25)38)23-16-21-9-6-8-20(13-12-19-17-34-37(2)18-19)24(21)30(41)39(23)22-10-4-3-5-11-22/h3-11,14-18,27,32H,1-2H3,(H2,31,36)(H,35,40)/t27-/m1/s1. The number of benzene rings is 2. The molecule has 6 rings (SSSR count). The van der Waals surface area contributed by atoms with E-state index in [9.17, 15) is 9.59 Å². The normalized spacial score (nSPS) is 11.8. The van der Waals surface area contributed by atoms with E-state index in [-0.39, 0.29) is 16.9 Å². The van der Waals surface area contributed by atoms with Gasteiger partial charge in [-0.1, -0.05) is 42.2 Å². The molecule has 0 unspecified atom stereocenters. The van der Waals surface area contributed by atoms with Crippen LogP contribution in [0.15, 0.2) is 90.2 Å². The van der Waals surface area contributed by atoms with Crippen LogP contribution >= 0.6 is 0 Å². The average Bonchev–Trinajstić information content (AvgIpc) is 3.56. The Morgan fingerprint density at radius 3 is 2.66 bits per heavy atom. The number of rotatable bonds is 5. The first-order valence-corrected chi connectivity index (χ1v) is 12.8. The van der Waals surface area contributed by atoms with Crippen LogP contribution in [-0.4, -0.2) is 41.9 Å². The van der Waals surface area contributed by atoms with Gasteiger partial charge in [-0.05, 0) is 42.8 Å². The van der Waals surface area contributed by atoms with Crippen molar-refractivity contribution in [3.05, 3.63) is 118 Å². The molecular weight excluding hydrogens is 518 g/mol. The van der Waals surface area contributed by atoms with Crippen LogP contribution in [0.2, 0.25) is 0 Å². The fraction of sp³-hybridized carbons (Fsp3) is 0.100. The molecule has 41 heavy (non-hydrogen) atoms. The Labute approximate surface area is 234 Å². The smallest absolute Gasteiger partial charge is 0.264 e. The summed E-state index contributed by atoms with van der Waals surface area (Å²) in [6, 6.07) is 18.3. The predicted octanol–water partition coefficient (Wildman–Crippen LogP) is 2.40. The Balaban J connectivity index is 1.50. The number of aryl methyl sites for hydroxylation is 1. The summed E-state index contributed by atoms with van der Waals surface area (Å²) in [6.07, 6.45) is 5.93. The zero-order valence-electron chi connectivity index (χ0n) is 22.2. The van der Waals surface area contributed by atoms with Crippen molar-refractivity contribution in [2.75, 3.05) is 12.8 Å². The molecule has 6 aromatic rings. The van der Waals surface area contributed by atoms with Gasteiger partial charge in [0.2, 0.25) is 0 Å². The highest BCUT2D eigenvalue weighted by Gasteiger charge is 2.25. The second-order valence-electron chi connectivity index (χ2n) is 9.31. The largest absolute Gasteiger partial charge is 0.381 e. The molecule has 11 nitrogen and oxygen atoms in total. The number of carbonyl (C=O) groups is 1. The van der Waals surface area contributed by atoms with Gasteiger partial charge < -0.3 is 11.1 Å². The molecule has 1 atom stereocenters. The predicted molar refractivity (Wildman–Crippen MR) is 155 cm³/mol. The Morgan fingerprint density at radius 2 is 1.90 bits per heavy atom. The first-order chi connectivity index (χ1) is 19.9. The van der Waals surface area contributed by atoms with E-state index in [0.717, 1.165) is 5.56 Å². The number of aromatic nitrogens is 6. The van der Waals surface area contributed by atoms with Crippen LogP contribution in [-0.2, 0) is 7.05 Å². The van der Waals surface area contributed by atoms with Crippen molar-refractivity contribution in [1.82, 2.24) is 39.6 Å². The zero-order chi connectivity index (χ0) is 28.5. The number of carbonyl (C=O) groups excluding carboxylic acids is 1. The number of nitrogen functional groups attached to an aromatic ring is 1. The first kappa shape index (κ1) is 25.5. The Kier molecular flexibility index (Phi) is 6.51.